The van der Waals surface area contributed by atoms with Crippen LogP contribution < -0.4 is 4.74 Å². The van der Waals surface area contributed by atoms with Gasteiger partial charge in [0.05, 0.1) is 10.8 Å². The zero-order valence-electron chi connectivity index (χ0n) is 14.6. The fourth-order valence-corrected chi connectivity index (χ4v) is 3.17. The number of ether oxygens (including phenoxy) is 1. The number of piperidine rings is 1. The number of amides is 1. The molecule has 0 radical (unpaired) electrons. The predicted molar refractivity (Wildman–Crippen MR) is 98.8 cm³/mol. The Bertz CT molecular complexity index is 919. The number of halogens is 2. The average Bonchev–Trinajstić information content (AvgIpc) is 2.68. The summed E-state index contributed by atoms with van der Waals surface area (Å²) in [6.07, 6.45) is 1.04. The summed E-state index contributed by atoms with van der Waals surface area (Å²) >= 11 is 5.83. The number of esters is 1. The highest BCUT2D eigenvalue weighted by atomic mass is 35.5. The van der Waals surface area contributed by atoms with Gasteiger partial charge in [-0.1, -0.05) is 11.6 Å². The van der Waals surface area contributed by atoms with Gasteiger partial charge in [0.15, 0.2) is 0 Å². The van der Waals surface area contributed by atoms with E-state index in [9.17, 15) is 24.1 Å². The Morgan fingerprint density at radius 2 is 1.93 bits per heavy atom. The van der Waals surface area contributed by atoms with Crippen molar-refractivity contribution in [1.82, 2.24) is 4.90 Å². The van der Waals surface area contributed by atoms with E-state index in [-0.39, 0.29) is 12.5 Å². The van der Waals surface area contributed by atoms with E-state index in [4.69, 9.17) is 16.3 Å². The molecular weight excluding hydrogens is 391 g/mol. The number of nitro groups is 1. The highest BCUT2D eigenvalue weighted by molar-refractivity contribution is 6.30. The van der Waals surface area contributed by atoms with E-state index in [0.717, 1.165) is 18.2 Å². The lowest BCUT2D eigenvalue weighted by molar-refractivity contribution is -0.385. The van der Waals surface area contributed by atoms with Gasteiger partial charge < -0.3 is 9.64 Å². The molecule has 0 saturated carbocycles. The fourth-order valence-electron chi connectivity index (χ4n) is 3.04. The number of rotatable bonds is 4. The summed E-state index contributed by atoms with van der Waals surface area (Å²) in [7, 11) is 0. The lowest BCUT2D eigenvalue weighted by Gasteiger charge is -2.31. The molecular formula is C19H16ClFN2O5. The summed E-state index contributed by atoms with van der Waals surface area (Å²) < 4.78 is 18.5. The van der Waals surface area contributed by atoms with E-state index < -0.39 is 34.1 Å². The molecule has 2 aromatic carbocycles. The summed E-state index contributed by atoms with van der Waals surface area (Å²) in [5.41, 5.74) is -0.0566. The lowest BCUT2D eigenvalue weighted by atomic mass is 9.97. The summed E-state index contributed by atoms with van der Waals surface area (Å²) in [4.78, 5) is 36.9. The first-order valence-corrected chi connectivity index (χ1v) is 8.93. The lowest BCUT2D eigenvalue weighted by Crippen LogP contribution is -2.43. The fraction of sp³-hybridized carbons (Fsp3) is 0.263. The Labute approximate surface area is 164 Å². The second kappa shape index (κ2) is 8.35. The normalized spacial score (nSPS) is 16.5. The zero-order valence-corrected chi connectivity index (χ0v) is 15.4. The van der Waals surface area contributed by atoms with Gasteiger partial charge in [0.1, 0.15) is 5.82 Å². The Morgan fingerprint density at radius 3 is 2.61 bits per heavy atom. The standard InChI is InChI=1S/C19H16ClFN2O5/c20-14-5-3-12(4-6-14)18(24)22-9-1-2-13(11-22)19(25)28-17-10-15(21)7-8-16(17)23(26)27/h3-8,10,13H,1-2,9,11H2. The molecule has 0 N–H and O–H groups in total. The molecule has 0 spiro atoms. The highest BCUT2D eigenvalue weighted by Crippen LogP contribution is 2.29. The first kappa shape index (κ1) is 19.8. The van der Waals surface area contributed by atoms with Crippen LogP contribution in [0, 0.1) is 21.8 Å². The van der Waals surface area contributed by atoms with Crippen molar-refractivity contribution in [2.75, 3.05) is 13.1 Å². The molecule has 2 aromatic rings. The third-order valence-electron chi connectivity index (χ3n) is 4.46. The van der Waals surface area contributed by atoms with Crippen molar-refractivity contribution in [2.24, 2.45) is 5.92 Å². The van der Waals surface area contributed by atoms with Crippen LogP contribution >= 0.6 is 11.6 Å². The van der Waals surface area contributed by atoms with Crippen LogP contribution in [-0.4, -0.2) is 34.8 Å². The summed E-state index contributed by atoms with van der Waals surface area (Å²) in [6, 6.07) is 9.07. The molecule has 1 fully saturated rings. The van der Waals surface area contributed by atoms with Crippen molar-refractivity contribution in [3.05, 3.63) is 69.0 Å². The first-order valence-electron chi connectivity index (χ1n) is 8.55. The molecule has 1 heterocycles. The molecule has 1 saturated heterocycles. The van der Waals surface area contributed by atoms with E-state index in [1.165, 1.54) is 4.90 Å². The number of carbonyl (C=O) groups excluding carboxylic acids is 2. The van der Waals surface area contributed by atoms with E-state index in [0.29, 0.717) is 30.0 Å². The van der Waals surface area contributed by atoms with Gasteiger partial charge in [0, 0.05) is 35.8 Å². The molecule has 1 aliphatic heterocycles. The Balaban J connectivity index is 1.71. The molecule has 0 aromatic heterocycles. The van der Waals surface area contributed by atoms with Gasteiger partial charge in [-0.3, -0.25) is 19.7 Å². The molecule has 1 unspecified atom stereocenters. The van der Waals surface area contributed by atoms with Gasteiger partial charge in [0.2, 0.25) is 5.75 Å². The van der Waals surface area contributed by atoms with Crippen molar-refractivity contribution < 1.29 is 23.6 Å². The second-order valence-corrected chi connectivity index (χ2v) is 6.82. The minimum absolute atomic E-state index is 0.114. The molecule has 7 nitrogen and oxygen atoms in total. The second-order valence-electron chi connectivity index (χ2n) is 6.39. The number of carbonyl (C=O) groups is 2. The average molecular weight is 407 g/mol. The first-order chi connectivity index (χ1) is 13.3. The maximum absolute atomic E-state index is 13.4. The highest BCUT2D eigenvalue weighted by Gasteiger charge is 2.31. The van der Waals surface area contributed by atoms with Crippen molar-refractivity contribution in [3.8, 4) is 5.75 Å². The van der Waals surface area contributed by atoms with E-state index in [2.05, 4.69) is 0 Å². The largest absolute Gasteiger partial charge is 0.419 e. The number of nitro benzene ring substituents is 1. The molecule has 1 atom stereocenters. The third kappa shape index (κ3) is 4.45. The number of hydrogen-bond acceptors (Lipinski definition) is 5. The van der Waals surface area contributed by atoms with E-state index >= 15 is 0 Å². The molecule has 28 heavy (non-hydrogen) atoms. The Kier molecular flexibility index (Phi) is 5.89. The molecule has 9 heteroatoms. The van der Waals surface area contributed by atoms with Gasteiger partial charge in [-0.05, 0) is 43.2 Å². The van der Waals surface area contributed by atoms with E-state index in [1.807, 2.05) is 0 Å². The van der Waals surface area contributed by atoms with Crippen LogP contribution in [0.3, 0.4) is 0 Å². The maximum Gasteiger partial charge on any atom is 0.316 e. The van der Waals surface area contributed by atoms with Gasteiger partial charge >= 0.3 is 11.7 Å². The number of likely N-dealkylation sites (tertiary alicyclic amines) is 1. The minimum Gasteiger partial charge on any atom is -0.419 e. The number of hydrogen-bond donors (Lipinski definition) is 0. The Morgan fingerprint density at radius 1 is 1.21 bits per heavy atom. The maximum atomic E-state index is 13.4. The van der Waals surface area contributed by atoms with Crippen LogP contribution in [0.15, 0.2) is 42.5 Å². The molecule has 1 aliphatic rings. The predicted octanol–water partition coefficient (Wildman–Crippen LogP) is 3.85. The summed E-state index contributed by atoms with van der Waals surface area (Å²) in [5, 5.41) is 11.6. The molecule has 146 valence electrons. The minimum atomic E-state index is -0.753. The summed E-state index contributed by atoms with van der Waals surface area (Å²) in [6.45, 7) is 0.592. The Hall–Kier alpha value is -3.00. The van der Waals surface area contributed by atoms with Gasteiger partial charge in [-0.15, -0.1) is 0 Å². The van der Waals surface area contributed by atoms with Crippen LogP contribution in [0.2, 0.25) is 5.02 Å². The third-order valence-corrected chi connectivity index (χ3v) is 4.71. The monoisotopic (exact) mass is 406 g/mol. The van der Waals surface area contributed by atoms with Gasteiger partial charge in [-0.2, -0.15) is 0 Å². The van der Waals surface area contributed by atoms with Crippen molar-refractivity contribution in [3.63, 3.8) is 0 Å². The van der Waals surface area contributed by atoms with Crippen LogP contribution in [0.25, 0.3) is 0 Å². The molecule has 0 aliphatic carbocycles. The quantitative estimate of drug-likeness (QED) is 0.333. The van der Waals surface area contributed by atoms with Crippen LogP contribution in [-0.2, 0) is 4.79 Å². The topological polar surface area (TPSA) is 89.8 Å². The molecule has 0 bridgehead atoms. The van der Waals surface area contributed by atoms with Crippen molar-refractivity contribution in [2.45, 2.75) is 12.8 Å². The van der Waals surface area contributed by atoms with Crippen molar-refractivity contribution >= 4 is 29.2 Å². The van der Waals surface area contributed by atoms with Crippen LogP contribution in [0.1, 0.15) is 23.2 Å². The van der Waals surface area contributed by atoms with Gasteiger partial charge in [0.25, 0.3) is 5.91 Å². The van der Waals surface area contributed by atoms with Gasteiger partial charge in [-0.25, -0.2) is 4.39 Å². The van der Waals surface area contributed by atoms with Crippen LogP contribution in [0.4, 0.5) is 10.1 Å². The van der Waals surface area contributed by atoms with Crippen molar-refractivity contribution in [1.29, 1.82) is 0 Å². The van der Waals surface area contributed by atoms with Crippen LogP contribution in [0.5, 0.6) is 5.75 Å². The number of nitrogens with zero attached hydrogens (tertiary/aromatic N) is 2. The zero-order chi connectivity index (χ0) is 20.3. The van der Waals surface area contributed by atoms with E-state index in [1.54, 1.807) is 24.3 Å². The molecule has 3 rings (SSSR count). The SMILES string of the molecule is O=C(Oc1cc(F)ccc1[N+](=O)[O-])C1CCCN(C(=O)c2ccc(Cl)cc2)C1. The molecule has 1 amide bonds. The summed E-state index contributed by atoms with van der Waals surface area (Å²) in [5.74, 6) is -2.84. The smallest absolute Gasteiger partial charge is 0.316 e. The number of benzene rings is 2.